The van der Waals surface area contributed by atoms with E-state index in [1.54, 1.807) is 18.2 Å². The van der Waals surface area contributed by atoms with Crippen LogP contribution in [0.2, 0.25) is 5.02 Å². The van der Waals surface area contributed by atoms with Crippen molar-refractivity contribution in [3.05, 3.63) is 58.4 Å². The second kappa shape index (κ2) is 5.92. The summed E-state index contributed by atoms with van der Waals surface area (Å²) in [5, 5.41) is 0.501. The number of halogens is 2. The molecule has 0 aliphatic carbocycles. The van der Waals surface area contributed by atoms with Gasteiger partial charge >= 0.3 is 0 Å². The van der Waals surface area contributed by atoms with Gasteiger partial charge in [0.05, 0.1) is 12.8 Å². The molecule has 0 aromatic heterocycles. The zero-order valence-corrected chi connectivity index (χ0v) is 11.6. The Balaban J connectivity index is 2.32. The molecule has 0 saturated heterocycles. The molecule has 0 bridgehead atoms. The highest BCUT2D eigenvalue weighted by molar-refractivity contribution is 6.30. The first-order valence-corrected chi connectivity index (χ1v) is 6.30. The molecule has 0 fully saturated rings. The fraction of sp³-hybridized carbons (Fsp3) is 0.133. The number of methoxy groups -OCH3 is 1. The Morgan fingerprint density at radius 2 is 2.10 bits per heavy atom. The molecule has 5 heteroatoms. The Bertz CT molecular complexity index is 658. The summed E-state index contributed by atoms with van der Waals surface area (Å²) < 4.78 is 18.5. The molecule has 0 unspecified atom stereocenters. The summed E-state index contributed by atoms with van der Waals surface area (Å²) in [5.74, 6) is -0.339. The van der Waals surface area contributed by atoms with E-state index in [1.165, 1.54) is 25.3 Å². The van der Waals surface area contributed by atoms with Gasteiger partial charge in [0, 0.05) is 22.6 Å². The molecule has 0 amide bonds. The van der Waals surface area contributed by atoms with E-state index in [0.29, 0.717) is 16.3 Å². The van der Waals surface area contributed by atoms with Crippen molar-refractivity contribution in [1.82, 2.24) is 0 Å². The van der Waals surface area contributed by atoms with Gasteiger partial charge in [-0.05, 0) is 30.3 Å². The Hall–Kier alpha value is -2.07. The van der Waals surface area contributed by atoms with Crippen LogP contribution in [-0.2, 0) is 6.42 Å². The number of hydrogen-bond donors (Lipinski definition) is 1. The molecule has 2 aromatic carbocycles. The fourth-order valence-electron chi connectivity index (χ4n) is 1.93. The van der Waals surface area contributed by atoms with Crippen molar-refractivity contribution in [3.8, 4) is 5.75 Å². The quantitative estimate of drug-likeness (QED) is 0.693. The van der Waals surface area contributed by atoms with Gasteiger partial charge in [-0.2, -0.15) is 0 Å². The third-order valence-electron chi connectivity index (χ3n) is 2.95. The van der Waals surface area contributed by atoms with Gasteiger partial charge in [0.25, 0.3) is 0 Å². The molecular formula is C15H13ClFNO2. The lowest BCUT2D eigenvalue weighted by Crippen LogP contribution is -2.09. The van der Waals surface area contributed by atoms with Crippen LogP contribution in [0.5, 0.6) is 5.75 Å². The molecule has 0 aliphatic heterocycles. The fourth-order valence-corrected chi connectivity index (χ4v) is 2.13. The lowest BCUT2D eigenvalue weighted by molar-refractivity contribution is 0.0992. The van der Waals surface area contributed by atoms with Crippen LogP contribution in [0, 0.1) is 5.82 Å². The van der Waals surface area contributed by atoms with E-state index in [0.717, 1.165) is 0 Å². The van der Waals surface area contributed by atoms with Crippen molar-refractivity contribution in [1.29, 1.82) is 0 Å². The van der Waals surface area contributed by atoms with Gasteiger partial charge < -0.3 is 10.5 Å². The molecule has 0 aliphatic rings. The summed E-state index contributed by atoms with van der Waals surface area (Å²) >= 11 is 5.91. The molecule has 2 N–H and O–H groups in total. The summed E-state index contributed by atoms with van der Waals surface area (Å²) in [7, 11) is 1.51. The molecule has 2 rings (SSSR count). The van der Waals surface area contributed by atoms with Crippen LogP contribution in [0.4, 0.5) is 10.1 Å². The first-order chi connectivity index (χ1) is 9.52. The Labute approximate surface area is 121 Å². The molecule has 0 radical (unpaired) electrons. The Morgan fingerprint density at radius 3 is 2.80 bits per heavy atom. The maximum absolute atomic E-state index is 13.4. The zero-order chi connectivity index (χ0) is 14.7. The standard InChI is InChI=1S/C15H13ClFNO2/c1-20-14-6-5-10(16)7-9(14)8-13(19)11-3-2-4-12(17)15(11)18/h2-7H,8,18H2,1H3. The molecule has 3 nitrogen and oxygen atoms in total. The predicted octanol–water partition coefficient (Wildman–Crippen LogP) is 3.50. The zero-order valence-electron chi connectivity index (χ0n) is 10.8. The summed E-state index contributed by atoms with van der Waals surface area (Å²) in [4.78, 5) is 12.2. The highest BCUT2D eigenvalue weighted by atomic mass is 35.5. The van der Waals surface area contributed by atoms with Crippen molar-refractivity contribution < 1.29 is 13.9 Å². The van der Waals surface area contributed by atoms with E-state index in [4.69, 9.17) is 22.1 Å². The van der Waals surface area contributed by atoms with Crippen LogP contribution in [0.3, 0.4) is 0 Å². The van der Waals surface area contributed by atoms with Crippen molar-refractivity contribution in [2.24, 2.45) is 0 Å². The van der Waals surface area contributed by atoms with Crippen LogP contribution in [-0.4, -0.2) is 12.9 Å². The maximum Gasteiger partial charge on any atom is 0.169 e. The van der Waals surface area contributed by atoms with Crippen molar-refractivity contribution in [3.63, 3.8) is 0 Å². The van der Waals surface area contributed by atoms with Gasteiger partial charge in [-0.25, -0.2) is 4.39 Å². The van der Waals surface area contributed by atoms with E-state index in [-0.39, 0.29) is 23.5 Å². The minimum absolute atomic E-state index is 0.0391. The van der Waals surface area contributed by atoms with E-state index < -0.39 is 5.82 Å². The molecule has 20 heavy (non-hydrogen) atoms. The van der Waals surface area contributed by atoms with Crippen LogP contribution < -0.4 is 10.5 Å². The minimum Gasteiger partial charge on any atom is -0.496 e. The topological polar surface area (TPSA) is 52.3 Å². The third-order valence-corrected chi connectivity index (χ3v) is 3.18. The summed E-state index contributed by atoms with van der Waals surface area (Å²) in [6.07, 6.45) is 0.0391. The number of ether oxygens (including phenoxy) is 1. The molecule has 2 aromatic rings. The molecule has 0 heterocycles. The molecule has 0 spiro atoms. The Morgan fingerprint density at radius 1 is 1.35 bits per heavy atom. The molecular weight excluding hydrogens is 281 g/mol. The highest BCUT2D eigenvalue weighted by Gasteiger charge is 2.15. The number of anilines is 1. The van der Waals surface area contributed by atoms with Gasteiger partial charge in [-0.3, -0.25) is 4.79 Å². The van der Waals surface area contributed by atoms with E-state index in [2.05, 4.69) is 0 Å². The van der Waals surface area contributed by atoms with Gasteiger partial charge in [0.15, 0.2) is 5.78 Å². The number of nitrogens with two attached hydrogens (primary N) is 1. The summed E-state index contributed by atoms with van der Waals surface area (Å²) in [5.41, 5.74) is 6.24. The van der Waals surface area contributed by atoms with E-state index in [9.17, 15) is 9.18 Å². The number of Topliss-reactive ketones (excluding diaryl/α,β-unsaturated/α-hetero) is 1. The van der Waals surface area contributed by atoms with Crippen LogP contribution >= 0.6 is 11.6 Å². The first kappa shape index (κ1) is 14.3. The second-order valence-corrected chi connectivity index (χ2v) is 4.69. The third kappa shape index (κ3) is 2.91. The first-order valence-electron chi connectivity index (χ1n) is 5.92. The van der Waals surface area contributed by atoms with Gasteiger partial charge in [-0.1, -0.05) is 17.7 Å². The predicted molar refractivity (Wildman–Crippen MR) is 76.9 cm³/mol. The number of rotatable bonds is 4. The number of carbonyl (C=O) groups excluding carboxylic acids is 1. The van der Waals surface area contributed by atoms with Crippen molar-refractivity contribution in [2.75, 3.05) is 12.8 Å². The highest BCUT2D eigenvalue weighted by Crippen LogP contribution is 2.25. The van der Waals surface area contributed by atoms with E-state index in [1.807, 2.05) is 0 Å². The number of ketones is 1. The van der Waals surface area contributed by atoms with Crippen LogP contribution in [0.1, 0.15) is 15.9 Å². The van der Waals surface area contributed by atoms with E-state index >= 15 is 0 Å². The summed E-state index contributed by atoms with van der Waals surface area (Å²) in [6, 6.07) is 9.16. The maximum atomic E-state index is 13.4. The lowest BCUT2D eigenvalue weighted by atomic mass is 10.0. The SMILES string of the molecule is COc1ccc(Cl)cc1CC(=O)c1cccc(F)c1N. The number of carbonyl (C=O) groups is 1. The van der Waals surface area contributed by atoms with Crippen LogP contribution in [0.15, 0.2) is 36.4 Å². The second-order valence-electron chi connectivity index (χ2n) is 4.26. The van der Waals surface area contributed by atoms with Gasteiger partial charge in [-0.15, -0.1) is 0 Å². The monoisotopic (exact) mass is 293 g/mol. The lowest BCUT2D eigenvalue weighted by Gasteiger charge is -2.09. The average Bonchev–Trinajstić information content (AvgIpc) is 2.42. The Kier molecular flexibility index (Phi) is 4.25. The van der Waals surface area contributed by atoms with Crippen molar-refractivity contribution in [2.45, 2.75) is 6.42 Å². The molecule has 0 atom stereocenters. The van der Waals surface area contributed by atoms with Gasteiger partial charge in [0.2, 0.25) is 0 Å². The normalized spacial score (nSPS) is 10.3. The molecule has 104 valence electrons. The van der Waals surface area contributed by atoms with Crippen LogP contribution in [0.25, 0.3) is 0 Å². The smallest absolute Gasteiger partial charge is 0.169 e. The van der Waals surface area contributed by atoms with Gasteiger partial charge in [0.1, 0.15) is 11.6 Å². The number of para-hydroxylation sites is 1. The number of benzene rings is 2. The largest absolute Gasteiger partial charge is 0.496 e. The number of hydrogen-bond acceptors (Lipinski definition) is 3. The summed E-state index contributed by atoms with van der Waals surface area (Å²) in [6.45, 7) is 0. The molecule has 0 saturated carbocycles. The average molecular weight is 294 g/mol. The number of nitrogen functional groups attached to an aromatic ring is 1. The van der Waals surface area contributed by atoms with Crippen molar-refractivity contribution >= 4 is 23.1 Å². The minimum atomic E-state index is -0.603.